The molecule has 1 saturated carbocycles. The van der Waals surface area contributed by atoms with E-state index in [9.17, 15) is 4.79 Å². The van der Waals surface area contributed by atoms with Gasteiger partial charge in [0.25, 0.3) is 0 Å². The SMILES string of the molecule is CN=C(NCCCOC)NCc1cccc(NC(=O)C2CCC2)c1.I. The lowest BCUT2D eigenvalue weighted by Crippen LogP contribution is -2.37. The maximum atomic E-state index is 12.0. The molecule has 1 amide bonds. The smallest absolute Gasteiger partial charge is 0.227 e. The number of methoxy groups -OCH3 is 1. The van der Waals surface area contributed by atoms with Crippen molar-refractivity contribution in [3.8, 4) is 0 Å². The number of guanidine groups is 1. The van der Waals surface area contributed by atoms with Crippen LogP contribution < -0.4 is 16.0 Å². The molecule has 1 aromatic rings. The van der Waals surface area contributed by atoms with Crippen molar-refractivity contribution in [2.45, 2.75) is 32.2 Å². The van der Waals surface area contributed by atoms with Crippen LogP contribution in [0.25, 0.3) is 0 Å². The molecule has 0 spiro atoms. The average molecular weight is 460 g/mol. The standard InChI is InChI=1S/C18H28N4O2.HI/c1-19-18(20-10-5-11-24-2)21-13-14-6-3-9-16(12-14)22-17(23)15-7-4-8-15;/h3,6,9,12,15H,4-5,7-8,10-11,13H2,1-2H3,(H,22,23)(H2,19,20,21);1H. The molecule has 1 aliphatic carbocycles. The van der Waals surface area contributed by atoms with E-state index in [1.54, 1.807) is 14.2 Å². The first-order chi connectivity index (χ1) is 11.7. The molecule has 0 radical (unpaired) electrons. The van der Waals surface area contributed by atoms with Gasteiger partial charge in [0, 0.05) is 45.5 Å². The Hall–Kier alpha value is -1.35. The van der Waals surface area contributed by atoms with Crippen molar-refractivity contribution in [2.24, 2.45) is 10.9 Å². The van der Waals surface area contributed by atoms with Crippen LogP contribution in [0.2, 0.25) is 0 Å². The predicted octanol–water partition coefficient (Wildman–Crippen LogP) is 2.74. The summed E-state index contributed by atoms with van der Waals surface area (Å²) in [5, 5.41) is 9.52. The van der Waals surface area contributed by atoms with Crippen LogP contribution in [0.1, 0.15) is 31.2 Å². The van der Waals surface area contributed by atoms with Crippen molar-refractivity contribution >= 4 is 41.5 Å². The van der Waals surface area contributed by atoms with E-state index < -0.39 is 0 Å². The van der Waals surface area contributed by atoms with Gasteiger partial charge >= 0.3 is 0 Å². The number of aliphatic imine (C=N–C) groups is 1. The van der Waals surface area contributed by atoms with Gasteiger partial charge in [0.05, 0.1) is 0 Å². The minimum absolute atomic E-state index is 0. The van der Waals surface area contributed by atoms with E-state index in [1.165, 1.54) is 6.42 Å². The third-order valence-electron chi connectivity index (χ3n) is 4.17. The van der Waals surface area contributed by atoms with Crippen LogP contribution >= 0.6 is 24.0 Å². The molecule has 6 nitrogen and oxygen atoms in total. The number of anilines is 1. The summed E-state index contributed by atoms with van der Waals surface area (Å²) in [7, 11) is 3.45. The quantitative estimate of drug-likeness (QED) is 0.242. The molecular formula is C18H29IN4O2. The number of ether oxygens (including phenoxy) is 1. The van der Waals surface area contributed by atoms with Crippen molar-refractivity contribution in [1.29, 1.82) is 0 Å². The van der Waals surface area contributed by atoms with Gasteiger partial charge in [-0.1, -0.05) is 18.6 Å². The van der Waals surface area contributed by atoms with Crippen LogP contribution in [-0.2, 0) is 16.1 Å². The number of nitrogens with one attached hydrogen (secondary N) is 3. The summed E-state index contributed by atoms with van der Waals surface area (Å²) in [6, 6.07) is 7.92. The maximum Gasteiger partial charge on any atom is 0.227 e. The number of carbonyl (C=O) groups is 1. The highest BCUT2D eigenvalue weighted by atomic mass is 127. The van der Waals surface area contributed by atoms with E-state index in [1.807, 2.05) is 24.3 Å². The Morgan fingerprint density at radius 1 is 1.32 bits per heavy atom. The zero-order chi connectivity index (χ0) is 17.2. The van der Waals surface area contributed by atoms with Gasteiger partial charge in [-0.05, 0) is 37.0 Å². The first-order valence-electron chi connectivity index (χ1n) is 8.56. The minimum Gasteiger partial charge on any atom is -0.385 e. The highest BCUT2D eigenvalue weighted by Crippen LogP contribution is 2.27. The molecule has 1 aliphatic rings. The normalized spacial score (nSPS) is 14.2. The molecule has 1 aromatic carbocycles. The highest BCUT2D eigenvalue weighted by Gasteiger charge is 2.25. The second-order valence-electron chi connectivity index (χ2n) is 6.02. The number of halogens is 1. The molecule has 2 rings (SSSR count). The minimum atomic E-state index is 0. The topological polar surface area (TPSA) is 74.8 Å². The van der Waals surface area contributed by atoms with E-state index in [2.05, 4.69) is 20.9 Å². The third kappa shape index (κ3) is 7.60. The lowest BCUT2D eigenvalue weighted by Gasteiger charge is -2.24. The van der Waals surface area contributed by atoms with Gasteiger partial charge in [0.15, 0.2) is 5.96 Å². The maximum absolute atomic E-state index is 12.0. The molecule has 0 bridgehead atoms. The fourth-order valence-corrected chi connectivity index (χ4v) is 2.50. The predicted molar refractivity (Wildman–Crippen MR) is 113 cm³/mol. The van der Waals surface area contributed by atoms with Gasteiger partial charge in [-0.25, -0.2) is 0 Å². The van der Waals surface area contributed by atoms with Crippen LogP contribution in [0.3, 0.4) is 0 Å². The van der Waals surface area contributed by atoms with E-state index in [-0.39, 0.29) is 35.8 Å². The first-order valence-corrected chi connectivity index (χ1v) is 8.56. The number of hydrogen-bond donors (Lipinski definition) is 3. The number of hydrogen-bond acceptors (Lipinski definition) is 3. The van der Waals surface area contributed by atoms with E-state index >= 15 is 0 Å². The molecule has 0 unspecified atom stereocenters. The number of benzene rings is 1. The summed E-state index contributed by atoms with van der Waals surface area (Å²) < 4.78 is 5.03. The fourth-order valence-electron chi connectivity index (χ4n) is 2.50. The van der Waals surface area contributed by atoms with Crippen LogP contribution in [0.5, 0.6) is 0 Å². The summed E-state index contributed by atoms with van der Waals surface area (Å²) in [5.41, 5.74) is 1.95. The summed E-state index contributed by atoms with van der Waals surface area (Å²) in [6.45, 7) is 2.19. The number of carbonyl (C=O) groups excluding carboxylic acids is 1. The second kappa shape index (κ2) is 12.1. The number of nitrogens with zero attached hydrogens (tertiary/aromatic N) is 1. The van der Waals surface area contributed by atoms with Gasteiger partial charge in [0.2, 0.25) is 5.91 Å². The van der Waals surface area contributed by atoms with Crippen molar-refractivity contribution < 1.29 is 9.53 Å². The largest absolute Gasteiger partial charge is 0.385 e. The monoisotopic (exact) mass is 460 g/mol. The highest BCUT2D eigenvalue weighted by molar-refractivity contribution is 14.0. The van der Waals surface area contributed by atoms with Crippen molar-refractivity contribution in [3.63, 3.8) is 0 Å². The lowest BCUT2D eigenvalue weighted by molar-refractivity contribution is -0.122. The Kier molecular flexibility index (Phi) is 10.5. The molecule has 140 valence electrons. The van der Waals surface area contributed by atoms with Gasteiger partial charge in [0.1, 0.15) is 0 Å². The van der Waals surface area contributed by atoms with E-state index in [0.717, 1.165) is 49.6 Å². The van der Waals surface area contributed by atoms with Crippen molar-refractivity contribution in [3.05, 3.63) is 29.8 Å². The first kappa shape index (κ1) is 21.7. The summed E-state index contributed by atoms with van der Waals surface area (Å²) in [4.78, 5) is 16.2. The van der Waals surface area contributed by atoms with Gasteiger partial charge in [-0.3, -0.25) is 9.79 Å². The molecule has 0 aliphatic heterocycles. The average Bonchev–Trinajstić information content (AvgIpc) is 2.53. The van der Waals surface area contributed by atoms with E-state index in [0.29, 0.717) is 6.54 Å². The Balaban J connectivity index is 0.00000312. The second-order valence-corrected chi connectivity index (χ2v) is 6.02. The Morgan fingerprint density at radius 3 is 2.76 bits per heavy atom. The lowest BCUT2D eigenvalue weighted by atomic mass is 9.85. The number of amides is 1. The molecule has 0 atom stereocenters. The van der Waals surface area contributed by atoms with Crippen LogP contribution in [0.4, 0.5) is 5.69 Å². The molecular weight excluding hydrogens is 431 g/mol. The summed E-state index contributed by atoms with van der Waals surface area (Å²) >= 11 is 0. The Bertz CT molecular complexity index is 562. The number of rotatable bonds is 8. The molecule has 3 N–H and O–H groups in total. The molecule has 25 heavy (non-hydrogen) atoms. The summed E-state index contributed by atoms with van der Waals surface area (Å²) in [5.74, 6) is 1.10. The summed E-state index contributed by atoms with van der Waals surface area (Å²) in [6.07, 6.45) is 4.12. The van der Waals surface area contributed by atoms with Crippen LogP contribution in [0.15, 0.2) is 29.3 Å². The van der Waals surface area contributed by atoms with Crippen LogP contribution in [0, 0.1) is 5.92 Å². The van der Waals surface area contributed by atoms with Crippen molar-refractivity contribution in [1.82, 2.24) is 10.6 Å². The zero-order valence-electron chi connectivity index (χ0n) is 15.0. The van der Waals surface area contributed by atoms with Gasteiger partial charge in [-0.15, -0.1) is 24.0 Å². The van der Waals surface area contributed by atoms with Crippen molar-refractivity contribution in [2.75, 3.05) is 32.6 Å². The zero-order valence-corrected chi connectivity index (χ0v) is 17.3. The Morgan fingerprint density at radius 2 is 2.12 bits per heavy atom. The third-order valence-corrected chi connectivity index (χ3v) is 4.17. The molecule has 7 heteroatoms. The van der Waals surface area contributed by atoms with Gasteiger partial charge in [-0.2, -0.15) is 0 Å². The van der Waals surface area contributed by atoms with E-state index in [4.69, 9.17) is 4.74 Å². The van der Waals surface area contributed by atoms with Crippen LogP contribution in [-0.4, -0.2) is 39.2 Å². The Labute approximate surface area is 167 Å². The fraction of sp³-hybridized carbons (Fsp3) is 0.556. The molecule has 0 saturated heterocycles. The molecule has 0 aromatic heterocycles. The molecule has 0 heterocycles. The molecule has 1 fully saturated rings. The van der Waals surface area contributed by atoms with Gasteiger partial charge < -0.3 is 20.7 Å².